The number of nitrogens with zero attached hydrogens (tertiary/aromatic N) is 3. The molecule has 0 aliphatic carbocycles. The van der Waals surface area contributed by atoms with Crippen molar-refractivity contribution >= 4 is 12.2 Å². The third kappa shape index (κ3) is 2.62. The maximum Gasteiger partial charge on any atom is 0.221 e. The van der Waals surface area contributed by atoms with Crippen LogP contribution in [0.1, 0.15) is 5.56 Å². The lowest BCUT2D eigenvalue weighted by atomic mass is 10.2. The molecule has 0 saturated heterocycles. The fourth-order valence-electron chi connectivity index (χ4n) is 2.00. The van der Waals surface area contributed by atoms with Crippen molar-refractivity contribution < 1.29 is 5.11 Å². The van der Waals surface area contributed by atoms with E-state index >= 15 is 0 Å². The van der Waals surface area contributed by atoms with E-state index in [1.165, 1.54) is 0 Å². The molecule has 0 saturated carbocycles. The van der Waals surface area contributed by atoms with Crippen LogP contribution in [0.3, 0.4) is 0 Å². The number of para-hydroxylation sites is 1. The van der Waals surface area contributed by atoms with Crippen LogP contribution in [0, 0.1) is 0 Å². The van der Waals surface area contributed by atoms with Gasteiger partial charge in [0.25, 0.3) is 0 Å². The summed E-state index contributed by atoms with van der Waals surface area (Å²) in [5.41, 5.74) is 8.23. The number of hydrogen-bond donors (Lipinski definition) is 2. The van der Waals surface area contributed by atoms with Crippen LogP contribution in [0.25, 0.3) is 11.3 Å². The minimum Gasteiger partial charge on any atom is -0.507 e. The third-order valence-corrected chi connectivity index (χ3v) is 3.08. The molecule has 0 spiro atoms. The third-order valence-electron chi connectivity index (χ3n) is 3.08. The molecule has 3 N–H and O–H groups in total. The molecule has 3 rings (SSSR count). The van der Waals surface area contributed by atoms with Gasteiger partial charge in [-0.3, -0.25) is 0 Å². The Labute approximate surface area is 122 Å². The first kappa shape index (κ1) is 12.9. The zero-order valence-corrected chi connectivity index (χ0v) is 11.2. The van der Waals surface area contributed by atoms with Gasteiger partial charge in [0.05, 0.1) is 18.1 Å². The van der Waals surface area contributed by atoms with Gasteiger partial charge in [-0.1, -0.05) is 42.5 Å². The molecule has 2 aromatic carbocycles. The lowest BCUT2D eigenvalue weighted by molar-refractivity contribution is 0.474. The number of aromatic nitrogens is 2. The van der Waals surface area contributed by atoms with Gasteiger partial charge in [0.1, 0.15) is 5.75 Å². The highest BCUT2D eigenvalue weighted by molar-refractivity contribution is 5.83. The van der Waals surface area contributed by atoms with E-state index in [-0.39, 0.29) is 5.75 Å². The van der Waals surface area contributed by atoms with Crippen molar-refractivity contribution in [3.05, 3.63) is 66.4 Å². The summed E-state index contributed by atoms with van der Waals surface area (Å²) < 4.78 is 1.54. The van der Waals surface area contributed by atoms with E-state index < -0.39 is 0 Å². The number of nitrogens with two attached hydrogens (primary N) is 1. The van der Waals surface area contributed by atoms with Crippen molar-refractivity contribution in [1.29, 1.82) is 0 Å². The number of phenolic OH excluding ortho intramolecular Hbond substituents is 1. The summed E-state index contributed by atoms with van der Waals surface area (Å²) in [7, 11) is 0. The minimum atomic E-state index is 0.168. The van der Waals surface area contributed by atoms with E-state index in [1.54, 1.807) is 35.3 Å². The number of nitrogen functional groups attached to an aromatic ring is 1. The Morgan fingerprint density at radius 2 is 1.76 bits per heavy atom. The molecule has 5 heteroatoms. The maximum atomic E-state index is 9.75. The fraction of sp³-hybridized carbons (Fsp3) is 0. The average Bonchev–Trinajstić information content (AvgIpc) is 2.88. The predicted octanol–water partition coefficient (Wildman–Crippen LogP) is 2.72. The number of phenols is 1. The molecule has 0 unspecified atom stereocenters. The van der Waals surface area contributed by atoms with Crippen LogP contribution >= 0.6 is 0 Å². The van der Waals surface area contributed by atoms with Crippen LogP contribution < -0.4 is 5.73 Å². The van der Waals surface area contributed by atoms with Gasteiger partial charge in [-0.25, -0.2) is 4.98 Å². The summed E-state index contributed by atoms with van der Waals surface area (Å²) in [4.78, 5) is 4.09. The first-order valence-corrected chi connectivity index (χ1v) is 6.46. The number of benzene rings is 2. The van der Waals surface area contributed by atoms with Gasteiger partial charge in [0, 0.05) is 11.1 Å². The largest absolute Gasteiger partial charge is 0.507 e. The lowest BCUT2D eigenvalue weighted by Gasteiger charge is -2.04. The van der Waals surface area contributed by atoms with E-state index in [1.807, 2.05) is 36.4 Å². The molecule has 0 fully saturated rings. The molecule has 5 nitrogen and oxygen atoms in total. The van der Waals surface area contributed by atoms with E-state index in [4.69, 9.17) is 5.73 Å². The Kier molecular flexibility index (Phi) is 3.39. The van der Waals surface area contributed by atoms with Crippen molar-refractivity contribution in [2.24, 2.45) is 5.10 Å². The summed E-state index contributed by atoms with van der Waals surface area (Å²) in [6, 6.07) is 16.7. The average molecular weight is 278 g/mol. The molecule has 0 bridgehead atoms. The first-order chi connectivity index (χ1) is 10.3. The van der Waals surface area contributed by atoms with Crippen LogP contribution in [0.15, 0.2) is 65.9 Å². The molecule has 1 aromatic heterocycles. The number of aromatic hydroxyl groups is 1. The molecule has 3 aromatic rings. The number of hydrogen-bond acceptors (Lipinski definition) is 4. The van der Waals surface area contributed by atoms with Gasteiger partial charge >= 0.3 is 0 Å². The highest BCUT2D eigenvalue weighted by atomic mass is 16.3. The molecule has 0 amide bonds. The summed E-state index contributed by atoms with van der Waals surface area (Å²) in [6.45, 7) is 0. The van der Waals surface area contributed by atoms with Gasteiger partial charge in [0.2, 0.25) is 5.95 Å². The lowest BCUT2D eigenvalue weighted by Crippen LogP contribution is -2.00. The van der Waals surface area contributed by atoms with Gasteiger partial charge in [-0.05, 0) is 12.1 Å². The quantitative estimate of drug-likeness (QED) is 0.723. The van der Waals surface area contributed by atoms with Gasteiger partial charge in [0.15, 0.2) is 0 Å². The van der Waals surface area contributed by atoms with Crippen molar-refractivity contribution in [1.82, 2.24) is 9.66 Å². The Balaban J connectivity index is 2.00. The second-order valence-corrected chi connectivity index (χ2v) is 4.48. The zero-order chi connectivity index (χ0) is 14.7. The Morgan fingerprint density at radius 3 is 2.52 bits per heavy atom. The summed E-state index contributed by atoms with van der Waals surface area (Å²) >= 11 is 0. The van der Waals surface area contributed by atoms with E-state index in [2.05, 4.69) is 10.1 Å². The number of imidazole rings is 1. The monoisotopic (exact) mass is 278 g/mol. The first-order valence-electron chi connectivity index (χ1n) is 6.46. The molecule has 0 aliphatic rings. The van der Waals surface area contributed by atoms with Crippen molar-refractivity contribution in [2.45, 2.75) is 0 Å². The summed E-state index contributed by atoms with van der Waals surface area (Å²) in [6.07, 6.45) is 3.23. The Bertz CT molecular complexity index is 778. The Hall–Kier alpha value is -3.08. The molecular weight excluding hydrogens is 264 g/mol. The molecule has 1 heterocycles. The van der Waals surface area contributed by atoms with Crippen LogP contribution in [-0.2, 0) is 0 Å². The molecule has 104 valence electrons. The fourth-order valence-corrected chi connectivity index (χ4v) is 2.00. The predicted molar refractivity (Wildman–Crippen MR) is 83.2 cm³/mol. The van der Waals surface area contributed by atoms with Gasteiger partial charge in [-0.15, -0.1) is 0 Å². The van der Waals surface area contributed by atoms with Crippen molar-refractivity contribution in [3.63, 3.8) is 0 Å². The minimum absolute atomic E-state index is 0.168. The van der Waals surface area contributed by atoms with Crippen LogP contribution in [0.5, 0.6) is 5.75 Å². The highest BCUT2D eigenvalue weighted by Gasteiger charge is 2.08. The second kappa shape index (κ2) is 5.50. The SMILES string of the molecule is Nc1ncc(-c2ccccc2)n1N=Cc1ccccc1O. The van der Waals surface area contributed by atoms with Gasteiger partial charge in [-0.2, -0.15) is 9.78 Å². The standard InChI is InChI=1S/C16H14N4O/c17-16-18-11-14(12-6-2-1-3-7-12)20(16)19-10-13-8-4-5-9-15(13)21/h1-11,21H,(H2,17,18). The van der Waals surface area contributed by atoms with Crippen LogP contribution in [0.4, 0.5) is 5.95 Å². The smallest absolute Gasteiger partial charge is 0.221 e. The highest BCUT2D eigenvalue weighted by Crippen LogP contribution is 2.22. The van der Waals surface area contributed by atoms with Crippen molar-refractivity contribution in [3.8, 4) is 17.0 Å². The van der Waals surface area contributed by atoms with Gasteiger partial charge < -0.3 is 10.8 Å². The number of rotatable bonds is 3. The molecule has 21 heavy (non-hydrogen) atoms. The van der Waals surface area contributed by atoms with Crippen molar-refractivity contribution in [2.75, 3.05) is 5.73 Å². The summed E-state index contributed by atoms with van der Waals surface area (Å²) in [5.74, 6) is 0.460. The Morgan fingerprint density at radius 1 is 1.05 bits per heavy atom. The molecular formula is C16H14N4O. The molecule has 0 aliphatic heterocycles. The van der Waals surface area contributed by atoms with Crippen LogP contribution in [0.2, 0.25) is 0 Å². The normalized spacial score (nSPS) is 11.0. The van der Waals surface area contributed by atoms with Crippen LogP contribution in [-0.4, -0.2) is 21.0 Å². The zero-order valence-electron chi connectivity index (χ0n) is 11.2. The summed E-state index contributed by atoms with van der Waals surface area (Å²) in [5, 5.41) is 14.1. The molecule has 0 atom stereocenters. The molecule has 0 radical (unpaired) electrons. The number of anilines is 1. The maximum absolute atomic E-state index is 9.75. The van der Waals surface area contributed by atoms with E-state index in [0.29, 0.717) is 11.5 Å². The topological polar surface area (TPSA) is 76.4 Å². The van der Waals surface area contributed by atoms with E-state index in [0.717, 1.165) is 11.3 Å². The van der Waals surface area contributed by atoms with E-state index in [9.17, 15) is 5.11 Å². The second-order valence-electron chi connectivity index (χ2n) is 4.48.